The summed E-state index contributed by atoms with van der Waals surface area (Å²) in [6.45, 7) is 3.44. The van der Waals surface area contributed by atoms with E-state index in [-0.39, 0.29) is 0 Å². The van der Waals surface area contributed by atoms with Gasteiger partial charge in [-0.1, -0.05) is 43.1 Å². The average molecular weight is 330 g/mol. The van der Waals surface area contributed by atoms with Crippen molar-refractivity contribution in [1.29, 1.82) is 0 Å². The monoisotopic (exact) mass is 329 g/mol. The van der Waals surface area contributed by atoms with Crippen LogP contribution in [0.2, 0.25) is 10.0 Å². The van der Waals surface area contributed by atoms with Gasteiger partial charge in [0.05, 0.1) is 0 Å². The fourth-order valence-corrected chi connectivity index (χ4v) is 2.33. The van der Waals surface area contributed by atoms with Crippen molar-refractivity contribution in [3.8, 4) is 0 Å². The van der Waals surface area contributed by atoms with Crippen molar-refractivity contribution in [2.45, 2.75) is 32.2 Å². The molecule has 2 N–H and O–H groups in total. The molecule has 0 bridgehead atoms. The van der Waals surface area contributed by atoms with Crippen LogP contribution in [-0.2, 0) is 9.59 Å². The van der Waals surface area contributed by atoms with Crippen LogP contribution in [0.15, 0.2) is 24.3 Å². The predicted octanol–water partition coefficient (Wildman–Crippen LogP) is 3.77. The molecule has 1 aromatic carbocycles. The van der Waals surface area contributed by atoms with Crippen LogP contribution in [-0.4, -0.2) is 22.5 Å². The summed E-state index contributed by atoms with van der Waals surface area (Å²) in [5.41, 5.74) is -0.615. The van der Waals surface area contributed by atoms with Crippen LogP contribution < -0.4 is 5.32 Å². The maximum atomic E-state index is 11.9. The zero-order valence-corrected chi connectivity index (χ0v) is 13.3. The van der Waals surface area contributed by atoms with Crippen molar-refractivity contribution in [1.82, 2.24) is 5.32 Å². The van der Waals surface area contributed by atoms with Gasteiger partial charge in [-0.2, -0.15) is 0 Å². The van der Waals surface area contributed by atoms with E-state index >= 15 is 0 Å². The molecule has 0 radical (unpaired) electrons. The second-order valence-corrected chi connectivity index (χ2v) is 5.43. The SMILES string of the molecule is CCC(CC)(NC(=O)C=Cc1ccc(Cl)cc1Cl)C(=O)O. The Balaban J connectivity index is 2.85. The zero-order valence-electron chi connectivity index (χ0n) is 11.8. The zero-order chi connectivity index (χ0) is 16.0. The Morgan fingerprint density at radius 3 is 2.38 bits per heavy atom. The number of amides is 1. The summed E-state index contributed by atoms with van der Waals surface area (Å²) in [5, 5.41) is 12.7. The molecule has 6 heteroatoms. The quantitative estimate of drug-likeness (QED) is 0.781. The van der Waals surface area contributed by atoms with Crippen LogP contribution in [0.4, 0.5) is 0 Å². The van der Waals surface area contributed by atoms with Crippen LogP contribution >= 0.6 is 23.2 Å². The second-order valence-electron chi connectivity index (χ2n) is 4.58. The Hall–Kier alpha value is -1.52. The normalized spacial score (nSPS) is 11.6. The van der Waals surface area contributed by atoms with E-state index in [1.54, 1.807) is 32.0 Å². The van der Waals surface area contributed by atoms with Crippen LogP contribution in [0.1, 0.15) is 32.3 Å². The Kier molecular flexibility index (Phi) is 6.24. The summed E-state index contributed by atoms with van der Waals surface area (Å²) in [7, 11) is 0. The number of carboxylic acids is 1. The molecule has 0 fully saturated rings. The maximum Gasteiger partial charge on any atom is 0.329 e. The van der Waals surface area contributed by atoms with Crippen molar-refractivity contribution < 1.29 is 14.7 Å². The third-order valence-corrected chi connectivity index (χ3v) is 3.92. The second kappa shape index (κ2) is 7.48. The topological polar surface area (TPSA) is 66.4 Å². The molecule has 0 spiro atoms. The Morgan fingerprint density at radius 2 is 1.90 bits per heavy atom. The fraction of sp³-hybridized carbons (Fsp3) is 0.333. The number of rotatable bonds is 6. The van der Waals surface area contributed by atoms with E-state index in [2.05, 4.69) is 5.32 Å². The standard InChI is InChI=1S/C15H17Cl2NO3/c1-3-15(4-2,14(20)21)18-13(19)8-6-10-5-7-11(16)9-12(10)17/h5-9H,3-4H2,1-2H3,(H,18,19)(H,20,21). The summed E-state index contributed by atoms with van der Waals surface area (Å²) >= 11 is 11.8. The van der Waals surface area contributed by atoms with Crippen molar-refractivity contribution >= 4 is 41.2 Å². The molecule has 0 aromatic heterocycles. The lowest BCUT2D eigenvalue weighted by atomic mass is 9.93. The Labute approximate surface area is 133 Å². The molecule has 1 aromatic rings. The number of benzene rings is 1. The molecular formula is C15H17Cl2NO3. The number of hydrogen-bond donors (Lipinski definition) is 2. The smallest absolute Gasteiger partial charge is 0.329 e. The minimum atomic E-state index is -1.24. The number of aliphatic carboxylic acids is 1. The molecule has 0 saturated heterocycles. The predicted molar refractivity (Wildman–Crippen MR) is 84.6 cm³/mol. The summed E-state index contributed by atoms with van der Waals surface area (Å²) in [6.07, 6.45) is 3.39. The van der Waals surface area contributed by atoms with Crippen LogP contribution in [0.5, 0.6) is 0 Å². The van der Waals surface area contributed by atoms with E-state index < -0.39 is 17.4 Å². The van der Waals surface area contributed by atoms with Crippen LogP contribution in [0.25, 0.3) is 6.08 Å². The first-order valence-electron chi connectivity index (χ1n) is 6.53. The van der Waals surface area contributed by atoms with Gasteiger partial charge in [0.15, 0.2) is 0 Å². The third-order valence-electron chi connectivity index (χ3n) is 3.36. The summed E-state index contributed by atoms with van der Waals surface area (Å²) in [6, 6.07) is 4.91. The first-order valence-corrected chi connectivity index (χ1v) is 7.29. The van der Waals surface area contributed by atoms with E-state index in [9.17, 15) is 14.7 Å². The highest BCUT2D eigenvalue weighted by atomic mass is 35.5. The van der Waals surface area contributed by atoms with E-state index in [0.717, 1.165) is 0 Å². The van der Waals surface area contributed by atoms with Gasteiger partial charge in [0, 0.05) is 16.1 Å². The molecule has 1 amide bonds. The molecule has 114 valence electrons. The van der Waals surface area contributed by atoms with Gasteiger partial charge in [0.25, 0.3) is 0 Å². The molecule has 1 rings (SSSR count). The van der Waals surface area contributed by atoms with Gasteiger partial charge >= 0.3 is 5.97 Å². The Morgan fingerprint density at radius 1 is 1.29 bits per heavy atom. The minimum Gasteiger partial charge on any atom is -0.480 e. The molecule has 0 atom stereocenters. The summed E-state index contributed by atoms with van der Waals surface area (Å²) in [4.78, 5) is 23.2. The van der Waals surface area contributed by atoms with Gasteiger partial charge < -0.3 is 10.4 Å². The third kappa shape index (κ3) is 4.48. The maximum absolute atomic E-state index is 11.9. The van der Waals surface area contributed by atoms with E-state index in [4.69, 9.17) is 23.2 Å². The van der Waals surface area contributed by atoms with E-state index in [1.165, 1.54) is 12.2 Å². The number of halogens is 2. The minimum absolute atomic E-state index is 0.306. The largest absolute Gasteiger partial charge is 0.480 e. The average Bonchev–Trinajstić information content (AvgIpc) is 2.43. The molecule has 0 saturated carbocycles. The van der Waals surface area contributed by atoms with Gasteiger partial charge in [-0.05, 0) is 36.6 Å². The lowest BCUT2D eigenvalue weighted by Crippen LogP contribution is -2.53. The highest BCUT2D eigenvalue weighted by Crippen LogP contribution is 2.22. The highest BCUT2D eigenvalue weighted by molar-refractivity contribution is 6.35. The Bertz CT molecular complexity index is 566. The molecule has 0 heterocycles. The molecule has 4 nitrogen and oxygen atoms in total. The van der Waals surface area contributed by atoms with Crippen LogP contribution in [0.3, 0.4) is 0 Å². The molecule has 21 heavy (non-hydrogen) atoms. The lowest BCUT2D eigenvalue weighted by molar-refractivity contribution is -0.147. The van der Waals surface area contributed by atoms with Crippen molar-refractivity contribution in [3.05, 3.63) is 39.9 Å². The number of carbonyl (C=O) groups is 2. The summed E-state index contributed by atoms with van der Waals surface area (Å²) in [5.74, 6) is -1.52. The number of carbonyl (C=O) groups excluding carboxylic acids is 1. The van der Waals surface area contributed by atoms with Gasteiger partial charge in [0.2, 0.25) is 5.91 Å². The van der Waals surface area contributed by atoms with Crippen molar-refractivity contribution in [2.75, 3.05) is 0 Å². The molecule has 0 unspecified atom stereocenters. The lowest BCUT2D eigenvalue weighted by Gasteiger charge is -2.27. The number of carboxylic acid groups (broad SMARTS) is 1. The molecule has 0 aliphatic carbocycles. The van der Waals surface area contributed by atoms with Gasteiger partial charge in [0.1, 0.15) is 5.54 Å². The van der Waals surface area contributed by atoms with Crippen molar-refractivity contribution in [3.63, 3.8) is 0 Å². The highest BCUT2D eigenvalue weighted by Gasteiger charge is 2.35. The number of hydrogen-bond acceptors (Lipinski definition) is 2. The molecular weight excluding hydrogens is 313 g/mol. The molecule has 0 aliphatic rings. The van der Waals surface area contributed by atoms with Gasteiger partial charge in [-0.3, -0.25) is 4.79 Å². The van der Waals surface area contributed by atoms with Gasteiger partial charge in [-0.15, -0.1) is 0 Å². The van der Waals surface area contributed by atoms with E-state index in [1.807, 2.05) is 0 Å². The molecule has 0 aliphatic heterocycles. The van der Waals surface area contributed by atoms with Crippen molar-refractivity contribution in [2.24, 2.45) is 0 Å². The number of nitrogens with one attached hydrogen (secondary N) is 1. The van der Waals surface area contributed by atoms with Crippen LogP contribution in [0, 0.1) is 0 Å². The summed E-state index contributed by atoms with van der Waals surface area (Å²) < 4.78 is 0. The van der Waals surface area contributed by atoms with Gasteiger partial charge in [-0.25, -0.2) is 4.79 Å². The fourth-order valence-electron chi connectivity index (χ4n) is 1.86. The first kappa shape index (κ1) is 17.5. The van der Waals surface area contributed by atoms with E-state index in [0.29, 0.717) is 28.5 Å². The first-order chi connectivity index (χ1) is 9.84.